The predicted octanol–water partition coefficient (Wildman–Crippen LogP) is 3.17. The van der Waals surface area contributed by atoms with Crippen LogP contribution >= 0.6 is 23.1 Å². The van der Waals surface area contributed by atoms with Gasteiger partial charge < -0.3 is 4.90 Å². The summed E-state index contributed by atoms with van der Waals surface area (Å²) in [5.74, 6) is -0.596. The Kier molecular flexibility index (Phi) is 5.26. The van der Waals surface area contributed by atoms with Gasteiger partial charge in [0.15, 0.2) is 0 Å². The third-order valence-corrected chi connectivity index (χ3v) is 4.99. The molecule has 0 spiro atoms. The molecule has 1 fully saturated rings. The molecule has 0 aliphatic carbocycles. The van der Waals surface area contributed by atoms with Gasteiger partial charge >= 0.3 is 6.18 Å². The number of carbonyl (C=O) groups excluding carboxylic acids is 1. The molecule has 0 N–H and O–H groups in total. The average molecular weight is 391 g/mol. The molecule has 0 saturated carbocycles. The number of nitrogens with zero attached hydrogens (tertiary/aromatic N) is 4. The second kappa shape index (κ2) is 7.27. The van der Waals surface area contributed by atoms with Crippen LogP contribution in [0.4, 0.5) is 13.2 Å². The first-order chi connectivity index (χ1) is 11.9. The van der Waals surface area contributed by atoms with Gasteiger partial charge in [-0.1, -0.05) is 28.2 Å². The first-order valence-electron chi connectivity index (χ1n) is 7.51. The Morgan fingerprint density at radius 2 is 1.88 bits per heavy atom. The van der Waals surface area contributed by atoms with Crippen molar-refractivity contribution in [2.75, 3.05) is 26.2 Å². The van der Waals surface area contributed by atoms with Gasteiger partial charge in [0.05, 0.1) is 11.1 Å². The molecule has 10 heteroatoms. The summed E-state index contributed by atoms with van der Waals surface area (Å²) in [5, 5.41) is 3.94. The SMILES string of the molecule is O=C(c1ccccc1C(F)(F)F)N1CCN(Cc2nnsc2Cl)CC1. The third-order valence-electron chi connectivity index (χ3n) is 4.01. The molecule has 1 amide bonds. The number of benzene rings is 1. The quantitative estimate of drug-likeness (QED) is 0.807. The van der Waals surface area contributed by atoms with Crippen molar-refractivity contribution < 1.29 is 18.0 Å². The Bertz CT molecular complexity index is 759. The molecule has 1 aromatic carbocycles. The number of hydrogen-bond donors (Lipinski definition) is 0. The smallest absolute Gasteiger partial charge is 0.336 e. The Morgan fingerprint density at radius 1 is 1.20 bits per heavy atom. The minimum absolute atomic E-state index is 0.310. The number of amides is 1. The maximum absolute atomic E-state index is 13.1. The van der Waals surface area contributed by atoms with Gasteiger partial charge in [-0.05, 0) is 12.1 Å². The maximum atomic E-state index is 13.1. The summed E-state index contributed by atoms with van der Waals surface area (Å²) in [6.45, 7) is 2.28. The maximum Gasteiger partial charge on any atom is 0.417 e. The van der Waals surface area contributed by atoms with Crippen LogP contribution in [0.5, 0.6) is 0 Å². The van der Waals surface area contributed by atoms with Gasteiger partial charge in [0.25, 0.3) is 5.91 Å². The number of piperazine rings is 1. The zero-order valence-corrected chi connectivity index (χ0v) is 14.5. The first kappa shape index (κ1) is 18.1. The minimum Gasteiger partial charge on any atom is -0.336 e. The number of rotatable bonds is 3. The van der Waals surface area contributed by atoms with E-state index in [2.05, 4.69) is 9.59 Å². The molecule has 1 aliphatic rings. The second-order valence-corrected chi connectivity index (χ2v) is 6.96. The molecule has 3 rings (SSSR count). The van der Waals surface area contributed by atoms with Gasteiger partial charge in [-0.25, -0.2) is 0 Å². The molecule has 134 valence electrons. The van der Waals surface area contributed by atoms with E-state index in [9.17, 15) is 18.0 Å². The standard InChI is InChI=1S/C15H14ClF3N4OS/c16-13-12(20-21-25-13)9-22-5-7-23(8-6-22)14(24)10-3-1-2-4-11(10)15(17,18)19/h1-4H,5-9H2. The molecule has 1 aromatic heterocycles. The molecule has 1 saturated heterocycles. The van der Waals surface area contributed by atoms with E-state index < -0.39 is 17.6 Å². The summed E-state index contributed by atoms with van der Waals surface area (Å²) in [5.41, 5.74) is -0.535. The van der Waals surface area contributed by atoms with Crippen LogP contribution in [0.1, 0.15) is 21.6 Å². The lowest BCUT2D eigenvalue weighted by atomic mass is 10.1. The van der Waals surface area contributed by atoms with E-state index in [-0.39, 0.29) is 5.56 Å². The summed E-state index contributed by atoms with van der Waals surface area (Å²) in [7, 11) is 0. The average Bonchev–Trinajstić information content (AvgIpc) is 2.99. The lowest BCUT2D eigenvalue weighted by molar-refractivity contribution is -0.138. The van der Waals surface area contributed by atoms with Gasteiger partial charge in [0, 0.05) is 44.3 Å². The lowest BCUT2D eigenvalue weighted by Gasteiger charge is -2.34. The molecule has 1 aliphatic heterocycles. The largest absolute Gasteiger partial charge is 0.417 e. The summed E-state index contributed by atoms with van der Waals surface area (Å²) in [6, 6.07) is 4.87. The van der Waals surface area contributed by atoms with Crippen LogP contribution in [0.15, 0.2) is 24.3 Å². The van der Waals surface area contributed by atoms with Gasteiger partial charge in [-0.2, -0.15) is 13.2 Å². The van der Waals surface area contributed by atoms with E-state index in [1.807, 2.05) is 4.90 Å². The zero-order chi connectivity index (χ0) is 18.0. The highest BCUT2D eigenvalue weighted by molar-refractivity contribution is 7.10. The number of halogens is 4. The van der Waals surface area contributed by atoms with Crippen molar-refractivity contribution in [3.8, 4) is 0 Å². The molecule has 5 nitrogen and oxygen atoms in total. The van der Waals surface area contributed by atoms with E-state index in [1.165, 1.54) is 23.1 Å². The Morgan fingerprint density at radius 3 is 2.48 bits per heavy atom. The summed E-state index contributed by atoms with van der Waals surface area (Å²) in [6.07, 6.45) is -4.55. The number of alkyl halides is 3. The van der Waals surface area contributed by atoms with Crippen LogP contribution in [0.2, 0.25) is 4.34 Å². The van der Waals surface area contributed by atoms with Crippen LogP contribution in [0, 0.1) is 0 Å². The number of hydrogen-bond acceptors (Lipinski definition) is 5. The van der Waals surface area contributed by atoms with E-state index in [1.54, 1.807) is 0 Å². The molecule has 2 aromatic rings. The van der Waals surface area contributed by atoms with Crippen molar-refractivity contribution in [2.45, 2.75) is 12.7 Å². The summed E-state index contributed by atoms with van der Waals surface area (Å²) < 4.78 is 43.5. The van der Waals surface area contributed by atoms with Crippen LogP contribution in [-0.4, -0.2) is 51.5 Å². The molecule has 0 radical (unpaired) electrons. The first-order valence-corrected chi connectivity index (χ1v) is 8.66. The Hall–Kier alpha value is -1.71. The molecule has 0 atom stereocenters. The highest BCUT2D eigenvalue weighted by Crippen LogP contribution is 2.32. The van der Waals surface area contributed by atoms with Crippen molar-refractivity contribution in [3.63, 3.8) is 0 Å². The van der Waals surface area contributed by atoms with Crippen LogP contribution in [0.25, 0.3) is 0 Å². The van der Waals surface area contributed by atoms with Crippen molar-refractivity contribution in [1.29, 1.82) is 0 Å². The highest BCUT2D eigenvalue weighted by atomic mass is 35.5. The van der Waals surface area contributed by atoms with E-state index in [0.29, 0.717) is 42.8 Å². The molecule has 2 heterocycles. The zero-order valence-electron chi connectivity index (χ0n) is 13.0. The van der Waals surface area contributed by atoms with Gasteiger partial charge in [0.2, 0.25) is 0 Å². The number of aromatic nitrogens is 2. The van der Waals surface area contributed by atoms with Crippen molar-refractivity contribution in [1.82, 2.24) is 19.4 Å². The van der Waals surface area contributed by atoms with Crippen LogP contribution in [0.3, 0.4) is 0 Å². The van der Waals surface area contributed by atoms with Gasteiger partial charge in [-0.3, -0.25) is 9.69 Å². The molecular weight excluding hydrogens is 377 g/mol. The van der Waals surface area contributed by atoms with Crippen LogP contribution in [-0.2, 0) is 12.7 Å². The number of carbonyl (C=O) groups is 1. The van der Waals surface area contributed by atoms with Crippen molar-refractivity contribution in [2.24, 2.45) is 0 Å². The molecule has 0 bridgehead atoms. The Labute approximate surface area is 151 Å². The fourth-order valence-electron chi connectivity index (χ4n) is 2.70. The van der Waals surface area contributed by atoms with Crippen molar-refractivity contribution in [3.05, 3.63) is 45.4 Å². The highest BCUT2D eigenvalue weighted by Gasteiger charge is 2.36. The molecule has 25 heavy (non-hydrogen) atoms. The predicted molar refractivity (Wildman–Crippen MR) is 87.5 cm³/mol. The Balaban J connectivity index is 1.65. The van der Waals surface area contributed by atoms with Crippen molar-refractivity contribution >= 4 is 29.0 Å². The molecule has 0 unspecified atom stereocenters. The van der Waals surface area contributed by atoms with Gasteiger partial charge in [0.1, 0.15) is 10.0 Å². The lowest BCUT2D eigenvalue weighted by Crippen LogP contribution is -2.48. The minimum atomic E-state index is -4.55. The summed E-state index contributed by atoms with van der Waals surface area (Å²) in [4.78, 5) is 16.0. The monoisotopic (exact) mass is 390 g/mol. The topological polar surface area (TPSA) is 49.3 Å². The van der Waals surface area contributed by atoms with E-state index in [0.717, 1.165) is 17.6 Å². The fraction of sp³-hybridized carbons (Fsp3) is 0.400. The molecular formula is C15H14ClF3N4OS. The van der Waals surface area contributed by atoms with E-state index >= 15 is 0 Å². The third kappa shape index (κ3) is 4.10. The summed E-state index contributed by atoms with van der Waals surface area (Å²) >= 11 is 7.08. The normalized spacial score (nSPS) is 16.2. The van der Waals surface area contributed by atoms with Crippen LogP contribution < -0.4 is 0 Å². The fourth-order valence-corrected chi connectivity index (χ4v) is 3.31. The van der Waals surface area contributed by atoms with E-state index in [4.69, 9.17) is 11.6 Å². The van der Waals surface area contributed by atoms with Gasteiger partial charge in [-0.15, -0.1) is 5.10 Å². The second-order valence-electron chi connectivity index (χ2n) is 5.61.